The molecule has 0 amide bonds. The van der Waals surface area contributed by atoms with Crippen LogP contribution in [0.1, 0.15) is 6.04 Å². The highest BCUT2D eigenvalue weighted by Crippen LogP contribution is 2.37. The molecule has 4 aromatic rings. The van der Waals surface area contributed by atoms with Crippen LogP contribution in [0.5, 0.6) is 0 Å². The minimum absolute atomic E-state index is 0.206. The van der Waals surface area contributed by atoms with Crippen LogP contribution in [0.3, 0.4) is 0 Å². The Labute approximate surface area is 164 Å². The van der Waals surface area contributed by atoms with Crippen molar-refractivity contribution in [1.82, 2.24) is 19.3 Å². The van der Waals surface area contributed by atoms with Gasteiger partial charge in [0, 0.05) is 16.4 Å². The van der Waals surface area contributed by atoms with Crippen molar-refractivity contribution in [3.05, 3.63) is 77.2 Å². The number of aromatic nitrogens is 4. The summed E-state index contributed by atoms with van der Waals surface area (Å²) in [5.41, 5.74) is 1.57. The Morgan fingerprint density at radius 1 is 1.07 bits per heavy atom. The predicted octanol–water partition coefficient (Wildman–Crippen LogP) is 4.02. The maximum absolute atomic E-state index is 12.5. The van der Waals surface area contributed by atoms with Gasteiger partial charge in [-0.3, -0.25) is 9.36 Å². The third-order valence-corrected chi connectivity index (χ3v) is 6.82. The molecule has 134 valence electrons. The number of rotatable bonds is 4. The van der Waals surface area contributed by atoms with Crippen molar-refractivity contribution in [2.24, 2.45) is 0 Å². The van der Waals surface area contributed by atoms with Gasteiger partial charge in [-0.2, -0.15) is 10.1 Å². The largest absolute Gasteiger partial charge is 0.300 e. The Balaban J connectivity index is 1.60. The van der Waals surface area contributed by atoms with Crippen LogP contribution < -0.4 is 5.56 Å². The summed E-state index contributed by atoms with van der Waals surface area (Å²) in [6.07, 6.45) is 1.63. The molecule has 27 heavy (non-hydrogen) atoms. The van der Waals surface area contributed by atoms with Crippen LogP contribution in [0.4, 0.5) is 0 Å². The molecule has 2 aromatic carbocycles. The fourth-order valence-electron chi connectivity index (χ4n) is 3.28. The van der Waals surface area contributed by atoms with Gasteiger partial charge in [0.1, 0.15) is 5.39 Å². The lowest BCUT2D eigenvalue weighted by Gasteiger charge is -2.16. The van der Waals surface area contributed by atoms with Crippen molar-refractivity contribution in [3.63, 3.8) is 0 Å². The number of hydrogen-bond acceptors (Lipinski definition) is 5. The molecule has 5 nitrogen and oxygen atoms in total. The minimum atomic E-state index is -0.206. The normalized spacial score (nSPS) is 15.9. The summed E-state index contributed by atoms with van der Waals surface area (Å²) in [6, 6.07) is 20.6. The molecule has 3 heterocycles. The summed E-state index contributed by atoms with van der Waals surface area (Å²) < 4.78 is 4.05. The highest BCUT2D eigenvalue weighted by atomic mass is 32.2. The number of para-hydroxylation sites is 1. The molecule has 5 rings (SSSR count). The van der Waals surface area contributed by atoms with E-state index in [4.69, 9.17) is 0 Å². The monoisotopic (exact) mass is 392 g/mol. The lowest BCUT2D eigenvalue weighted by atomic mass is 10.3. The van der Waals surface area contributed by atoms with Gasteiger partial charge in [-0.25, -0.2) is 4.68 Å². The Bertz CT molecular complexity index is 1160. The number of benzene rings is 2. The zero-order valence-corrected chi connectivity index (χ0v) is 16.0. The molecular formula is C20H16N4OS2. The molecule has 2 aromatic heterocycles. The van der Waals surface area contributed by atoms with Crippen LogP contribution in [0.15, 0.2) is 81.7 Å². The first-order valence-electron chi connectivity index (χ1n) is 8.67. The van der Waals surface area contributed by atoms with Crippen LogP contribution in [-0.4, -0.2) is 30.8 Å². The number of hydrogen-bond donors (Lipinski definition) is 0. The van der Waals surface area contributed by atoms with E-state index in [-0.39, 0.29) is 11.6 Å². The second kappa shape index (κ2) is 6.90. The lowest BCUT2D eigenvalue weighted by Crippen LogP contribution is -2.19. The second-order valence-corrected chi connectivity index (χ2v) is 8.37. The van der Waals surface area contributed by atoms with Crippen molar-refractivity contribution in [2.45, 2.75) is 16.1 Å². The standard InChI is InChI=1S/C20H16N4OS2/c25-18-17-11-21-24(14-7-3-1-4-8-14)19(17)23-15(13-27-20(23)22-18)12-26-16-9-5-2-6-10-16/h1-11,15H,12-13H2/t15-/m1/s1. The van der Waals surface area contributed by atoms with Crippen molar-refractivity contribution in [2.75, 3.05) is 11.5 Å². The number of fused-ring (bicyclic) bond motifs is 3. The Morgan fingerprint density at radius 3 is 2.59 bits per heavy atom. The minimum Gasteiger partial charge on any atom is -0.300 e. The van der Waals surface area contributed by atoms with Crippen molar-refractivity contribution < 1.29 is 0 Å². The van der Waals surface area contributed by atoms with Crippen LogP contribution in [0.25, 0.3) is 16.7 Å². The van der Waals surface area contributed by atoms with Crippen LogP contribution in [0, 0.1) is 0 Å². The fraction of sp³-hybridized carbons (Fsp3) is 0.150. The summed E-state index contributed by atoms with van der Waals surface area (Å²) in [5, 5.41) is 5.85. The van der Waals surface area contributed by atoms with Crippen LogP contribution in [0.2, 0.25) is 0 Å². The molecule has 0 N–H and O–H groups in total. The van der Waals surface area contributed by atoms with E-state index < -0.39 is 0 Å². The zero-order valence-electron chi connectivity index (χ0n) is 14.4. The van der Waals surface area contributed by atoms with Crippen LogP contribution in [-0.2, 0) is 0 Å². The summed E-state index contributed by atoms with van der Waals surface area (Å²) >= 11 is 3.47. The van der Waals surface area contributed by atoms with E-state index >= 15 is 0 Å². The van der Waals surface area contributed by atoms with Crippen molar-refractivity contribution in [1.29, 1.82) is 0 Å². The van der Waals surface area contributed by atoms with Gasteiger partial charge in [0.2, 0.25) is 0 Å². The summed E-state index contributed by atoms with van der Waals surface area (Å²) in [5.74, 6) is 1.83. The van der Waals surface area contributed by atoms with Gasteiger partial charge in [0.05, 0.1) is 17.9 Å². The third-order valence-electron chi connectivity index (χ3n) is 4.56. The van der Waals surface area contributed by atoms with Gasteiger partial charge in [-0.05, 0) is 24.3 Å². The Kier molecular flexibility index (Phi) is 4.26. The molecule has 7 heteroatoms. The summed E-state index contributed by atoms with van der Waals surface area (Å²) in [7, 11) is 0. The van der Waals surface area contributed by atoms with E-state index in [2.05, 4.69) is 38.9 Å². The van der Waals surface area contributed by atoms with Gasteiger partial charge >= 0.3 is 0 Å². The quantitative estimate of drug-likeness (QED) is 0.388. The summed E-state index contributed by atoms with van der Waals surface area (Å²) in [6.45, 7) is 0. The third kappa shape index (κ3) is 2.96. The molecular weight excluding hydrogens is 376 g/mol. The van der Waals surface area contributed by atoms with Gasteiger partial charge in [-0.15, -0.1) is 11.8 Å². The van der Waals surface area contributed by atoms with Crippen molar-refractivity contribution >= 4 is 34.6 Å². The molecule has 0 saturated heterocycles. The van der Waals surface area contributed by atoms with E-state index in [1.165, 1.54) is 4.90 Å². The summed E-state index contributed by atoms with van der Waals surface area (Å²) in [4.78, 5) is 18.0. The molecule has 0 fully saturated rings. The van der Waals surface area contributed by atoms with Crippen molar-refractivity contribution in [3.8, 4) is 5.69 Å². The van der Waals surface area contributed by atoms with E-state index in [0.717, 1.165) is 28.0 Å². The average molecular weight is 393 g/mol. The molecule has 1 atom stereocenters. The van der Waals surface area contributed by atoms with E-state index in [1.807, 2.05) is 52.8 Å². The van der Waals surface area contributed by atoms with E-state index in [9.17, 15) is 4.79 Å². The first-order valence-corrected chi connectivity index (χ1v) is 10.6. The van der Waals surface area contributed by atoms with Gasteiger partial charge < -0.3 is 0 Å². The molecule has 0 unspecified atom stereocenters. The Morgan fingerprint density at radius 2 is 1.81 bits per heavy atom. The molecule has 1 aliphatic rings. The van der Waals surface area contributed by atoms with Gasteiger partial charge in [0.25, 0.3) is 5.56 Å². The first kappa shape index (κ1) is 16.6. The average Bonchev–Trinajstić information content (AvgIpc) is 3.32. The molecule has 0 spiro atoms. The first-order chi connectivity index (χ1) is 13.3. The molecule has 0 aliphatic carbocycles. The number of thioether (sulfide) groups is 2. The number of nitrogens with zero attached hydrogens (tertiary/aromatic N) is 4. The fourth-order valence-corrected chi connectivity index (χ4v) is 5.56. The Hall–Kier alpha value is -2.51. The molecule has 0 bridgehead atoms. The highest BCUT2D eigenvalue weighted by Gasteiger charge is 2.28. The van der Waals surface area contributed by atoms with Gasteiger partial charge in [-0.1, -0.05) is 48.2 Å². The van der Waals surface area contributed by atoms with Gasteiger partial charge in [0.15, 0.2) is 10.8 Å². The topological polar surface area (TPSA) is 52.7 Å². The maximum Gasteiger partial charge on any atom is 0.284 e. The molecule has 1 aliphatic heterocycles. The molecule has 0 radical (unpaired) electrons. The lowest BCUT2D eigenvalue weighted by molar-refractivity contribution is 0.578. The molecule has 0 saturated carbocycles. The smallest absolute Gasteiger partial charge is 0.284 e. The maximum atomic E-state index is 12.5. The van der Waals surface area contributed by atoms with E-state index in [0.29, 0.717) is 5.39 Å². The SMILES string of the molecule is O=c1nc2n(c3c1cnn3-c1ccccc1)[C@H](CSc1ccccc1)CS2. The van der Waals surface area contributed by atoms with Crippen LogP contribution >= 0.6 is 23.5 Å². The highest BCUT2D eigenvalue weighted by molar-refractivity contribution is 8.00. The van der Waals surface area contributed by atoms with E-state index in [1.54, 1.807) is 18.0 Å². The second-order valence-electron chi connectivity index (χ2n) is 6.29. The zero-order chi connectivity index (χ0) is 18.2. The predicted molar refractivity (Wildman–Crippen MR) is 110 cm³/mol.